The van der Waals surface area contributed by atoms with Crippen LogP contribution in [0, 0.1) is 29.6 Å². The van der Waals surface area contributed by atoms with E-state index in [0.29, 0.717) is 0 Å². The number of rotatable bonds is 3. The molecule has 0 heteroatoms. The highest BCUT2D eigenvalue weighted by Crippen LogP contribution is 2.49. The average Bonchev–Trinajstić information content (AvgIpc) is 2.82. The second kappa shape index (κ2) is 4.89. The van der Waals surface area contributed by atoms with E-state index in [4.69, 9.17) is 0 Å². The predicted octanol–water partition coefficient (Wildman–Crippen LogP) is 4.89. The maximum Gasteiger partial charge on any atom is -0.0357 e. The van der Waals surface area contributed by atoms with Gasteiger partial charge in [-0.25, -0.2) is 0 Å². The van der Waals surface area contributed by atoms with Crippen LogP contribution >= 0.6 is 0 Å². The lowest BCUT2D eigenvalue weighted by Gasteiger charge is -2.24. The summed E-state index contributed by atoms with van der Waals surface area (Å²) in [6.45, 7) is 7.28. The van der Waals surface area contributed by atoms with Crippen molar-refractivity contribution in [1.29, 1.82) is 0 Å². The van der Waals surface area contributed by atoms with Gasteiger partial charge in [0.1, 0.15) is 0 Å². The Kier molecular flexibility index (Phi) is 3.74. The first-order chi connectivity index (χ1) is 7.26. The summed E-state index contributed by atoms with van der Waals surface area (Å²) in [5.41, 5.74) is 0. The smallest absolute Gasteiger partial charge is 0.0357 e. The molecule has 88 valence electrons. The van der Waals surface area contributed by atoms with Crippen LogP contribution in [0.1, 0.15) is 65.7 Å². The van der Waals surface area contributed by atoms with E-state index in [1.807, 2.05) is 0 Å². The molecule has 2 aliphatic carbocycles. The van der Waals surface area contributed by atoms with Gasteiger partial charge in [0.2, 0.25) is 0 Å². The first-order valence-corrected chi connectivity index (χ1v) is 7.26. The first kappa shape index (κ1) is 11.5. The van der Waals surface area contributed by atoms with Gasteiger partial charge in [-0.05, 0) is 48.9 Å². The maximum absolute atomic E-state index is 2.49. The van der Waals surface area contributed by atoms with Gasteiger partial charge in [0.05, 0.1) is 0 Å². The highest BCUT2D eigenvalue weighted by molar-refractivity contribution is 4.89. The molecule has 0 aromatic rings. The van der Waals surface area contributed by atoms with Gasteiger partial charge in [-0.3, -0.25) is 0 Å². The van der Waals surface area contributed by atoms with Gasteiger partial charge < -0.3 is 0 Å². The van der Waals surface area contributed by atoms with Crippen molar-refractivity contribution in [3.63, 3.8) is 0 Å². The molecule has 0 heterocycles. The summed E-state index contributed by atoms with van der Waals surface area (Å²) in [5, 5.41) is 0. The molecule has 0 bridgehead atoms. The Bertz CT molecular complexity index is 196. The Balaban J connectivity index is 1.94. The standard InChI is InChI=1S/C15H28/c1-4-12-7-6-8-15(12)14-9-11(3)13(5-2)10-14/h11-15H,4-10H2,1-3H3. The Hall–Kier alpha value is 0. The zero-order valence-electron chi connectivity index (χ0n) is 10.8. The summed E-state index contributed by atoms with van der Waals surface area (Å²) in [4.78, 5) is 0. The van der Waals surface area contributed by atoms with Crippen molar-refractivity contribution >= 4 is 0 Å². The summed E-state index contributed by atoms with van der Waals surface area (Å²) in [7, 11) is 0. The summed E-state index contributed by atoms with van der Waals surface area (Å²) < 4.78 is 0. The molecule has 5 atom stereocenters. The van der Waals surface area contributed by atoms with E-state index in [2.05, 4.69) is 20.8 Å². The molecule has 2 saturated carbocycles. The van der Waals surface area contributed by atoms with Gasteiger partial charge in [-0.2, -0.15) is 0 Å². The van der Waals surface area contributed by atoms with E-state index in [1.165, 1.54) is 25.7 Å². The molecule has 2 aliphatic rings. The summed E-state index contributed by atoms with van der Waals surface area (Å²) in [5.74, 6) is 5.34. The second-order valence-electron chi connectivity index (χ2n) is 6.14. The molecule has 0 aromatic heterocycles. The molecule has 0 spiro atoms. The van der Waals surface area contributed by atoms with Crippen molar-refractivity contribution in [2.24, 2.45) is 29.6 Å². The highest BCUT2D eigenvalue weighted by atomic mass is 14.4. The van der Waals surface area contributed by atoms with E-state index < -0.39 is 0 Å². The van der Waals surface area contributed by atoms with Gasteiger partial charge in [0.25, 0.3) is 0 Å². The molecule has 5 unspecified atom stereocenters. The fourth-order valence-corrected chi connectivity index (χ4v) is 4.50. The average molecular weight is 208 g/mol. The molecule has 0 radical (unpaired) electrons. The monoisotopic (exact) mass is 208 g/mol. The minimum atomic E-state index is 1.01. The van der Waals surface area contributed by atoms with E-state index >= 15 is 0 Å². The van der Waals surface area contributed by atoms with Crippen LogP contribution in [0.2, 0.25) is 0 Å². The van der Waals surface area contributed by atoms with Crippen LogP contribution in [-0.4, -0.2) is 0 Å². The van der Waals surface area contributed by atoms with Crippen LogP contribution in [0.25, 0.3) is 0 Å². The van der Waals surface area contributed by atoms with Gasteiger partial charge in [0, 0.05) is 0 Å². The zero-order valence-corrected chi connectivity index (χ0v) is 10.8. The largest absolute Gasteiger partial charge is 0.0651 e. The minimum absolute atomic E-state index is 1.01. The molecule has 2 rings (SSSR count). The van der Waals surface area contributed by atoms with Crippen LogP contribution < -0.4 is 0 Å². The Labute approximate surface area is 95.8 Å². The third kappa shape index (κ3) is 2.24. The normalized spacial score (nSPS) is 46.2. The lowest BCUT2D eigenvalue weighted by Crippen LogP contribution is -2.16. The molecule has 0 nitrogen and oxygen atoms in total. The number of hydrogen-bond acceptors (Lipinski definition) is 0. The molecule has 0 aromatic carbocycles. The second-order valence-corrected chi connectivity index (χ2v) is 6.14. The zero-order chi connectivity index (χ0) is 10.8. The van der Waals surface area contributed by atoms with Crippen LogP contribution in [0.3, 0.4) is 0 Å². The molecule has 0 aliphatic heterocycles. The Morgan fingerprint density at radius 2 is 1.67 bits per heavy atom. The summed E-state index contributed by atoms with van der Waals surface area (Å²) >= 11 is 0. The lowest BCUT2D eigenvalue weighted by molar-refractivity contribution is 0.251. The molecule has 0 amide bonds. The van der Waals surface area contributed by atoms with E-state index in [-0.39, 0.29) is 0 Å². The van der Waals surface area contributed by atoms with Gasteiger partial charge >= 0.3 is 0 Å². The fraction of sp³-hybridized carbons (Fsp3) is 1.00. The highest BCUT2D eigenvalue weighted by Gasteiger charge is 2.39. The number of hydrogen-bond donors (Lipinski definition) is 0. The first-order valence-electron chi connectivity index (χ1n) is 7.26. The fourth-order valence-electron chi connectivity index (χ4n) is 4.50. The lowest BCUT2D eigenvalue weighted by atomic mass is 9.81. The van der Waals surface area contributed by atoms with Crippen LogP contribution in [0.5, 0.6) is 0 Å². The third-order valence-corrected chi connectivity index (χ3v) is 5.46. The van der Waals surface area contributed by atoms with Crippen molar-refractivity contribution in [2.75, 3.05) is 0 Å². The molecule has 15 heavy (non-hydrogen) atoms. The molecule has 0 N–H and O–H groups in total. The van der Waals surface area contributed by atoms with E-state index in [1.54, 1.807) is 19.3 Å². The van der Waals surface area contributed by atoms with E-state index in [9.17, 15) is 0 Å². The topological polar surface area (TPSA) is 0 Å². The van der Waals surface area contributed by atoms with Gasteiger partial charge in [-0.15, -0.1) is 0 Å². The van der Waals surface area contributed by atoms with E-state index in [0.717, 1.165) is 29.6 Å². The van der Waals surface area contributed by atoms with Crippen LogP contribution in [0.15, 0.2) is 0 Å². The van der Waals surface area contributed by atoms with Gasteiger partial charge in [0.15, 0.2) is 0 Å². The third-order valence-electron chi connectivity index (χ3n) is 5.46. The van der Waals surface area contributed by atoms with Crippen molar-refractivity contribution < 1.29 is 0 Å². The molecular formula is C15H28. The predicted molar refractivity (Wildman–Crippen MR) is 66.8 cm³/mol. The van der Waals surface area contributed by atoms with Crippen molar-refractivity contribution in [2.45, 2.75) is 65.7 Å². The summed E-state index contributed by atoms with van der Waals surface area (Å²) in [6.07, 6.45) is 10.5. The molecule has 0 saturated heterocycles. The van der Waals surface area contributed by atoms with Crippen LogP contribution in [0.4, 0.5) is 0 Å². The van der Waals surface area contributed by atoms with Crippen molar-refractivity contribution in [3.8, 4) is 0 Å². The molecule has 2 fully saturated rings. The quantitative estimate of drug-likeness (QED) is 0.620. The SMILES string of the molecule is CCC1CC(C2CCCC2CC)CC1C. The van der Waals surface area contributed by atoms with Crippen molar-refractivity contribution in [3.05, 3.63) is 0 Å². The summed E-state index contributed by atoms with van der Waals surface area (Å²) in [6, 6.07) is 0. The Morgan fingerprint density at radius 3 is 2.27 bits per heavy atom. The van der Waals surface area contributed by atoms with Crippen molar-refractivity contribution in [1.82, 2.24) is 0 Å². The minimum Gasteiger partial charge on any atom is -0.0651 e. The molecular weight excluding hydrogens is 180 g/mol. The van der Waals surface area contributed by atoms with Crippen LogP contribution in [-0.2, 0) is 0 Å². The van der Waals surface area contributed by atoms with Gasteiger partial charge in [-0.1, -0.05) is 46.5 Å². The Morgan fingerprint density at radius 1 is 0.933 bits per heavy atom. The maximum atomic E-state index is 2.49.